The van der Waals surface area contributed by atoms with Crippen LogP contribution in [0.2, 0.25) is 0 Å². The number of nitrogens with zero attached hydrogens (tertiary/aromatic N) is 3. The molecule has 1 aromatic heterocycles. The summed E-state index contributed by atoms with van der Waals surface area (Å²) in [5, 5.41) is 24.3. The van der Waals surface area contributed by atoms with Crippen molar-refractivity contribution < 1.29 is 18.7 Å². The third-order valence-corrected chi connectivity index (χ3v) is 3.72. The first-order valence-electron chi connectivity index (χ1n) is 6.31. The van der Waals surface area contributed by atoms with Gasteiger partial charge in [-0.05, 0) is 19.1 Å². The maximum Gasteiger partial charge on any atom is 0.161 e. The number of allylic oxidation sites excluding steroid dienone is 2. The Kier molecular flexibility index (Phi) is 5.03. The van der Waals surface area contributed by atoms with Crippen LogP contribution in [0.5, 0.6) is 0 Å². The van der Waals surface area contributed by atoms with Gasteiger partial charge in [-0.25, -0.2) is 13.8 Å². The summed E-state index contributed by atoms with van der Waals surface area (Å²) in [5.41, 5.74) is -0.314. The van der Waals surface area contributed by atoms with Crippen molar-refractivity contribution >= 4 is 22.6 Å². The molecule has 0 fully saturated rings. The van der Waals surface area contributed by atoms with Crippen molar-refractivity contribution in [3.05, 3.63) is 46.0 Å². The summed E-state index contributed by atoms with van der Waals surface area (Å²) < 4.78 is 27.6. The quantitative estimate of drug-likeness (QED) is 0.398. The van der Waals surface area contributed by atoms with E-state index in [9.17, 15) is 19.1 Å². The number of hydrogen-bond acceptors (Lipinski definition) is 6. The van der Waals surface area contributed by atoms with Gasteiger partial charge in [-0.1, -0.05) is 11.2 Å². The third-order valence-electron chi connectivity index (χ3n) is 2.86. The van der Waals surface area contributed by atoms with Crippen LogP contribution in [0.3, 0.4) is 0 Å². The largest absolute Gasteiger partial charge is 0.505 e. The molecule has 118 valence electrons. The summed E-state index contributed by atoms with van der Waals surface area (Å²) in [6.07, 6.45) is 0. The number of benzene rings is 1. The van der Waals surface area contributed by atoms with Gasteiger partial charge in [-0.2, -0.15) is 5.26 Å². The molecule has 1 heterocycles. The Morgan fingerprint density at radius 2 is 2.04 bits per heavy atom. The van der Waals surface area contributed by atoms with Crippen molar-refractivity contribution in [3.8, 4) is 17.3 Å². The summed E-state index contributed by atoms with van der Waals surface area (Å²) >= 11 is 0.978. The summed E-state index contributed by atoms with van der Waals surface area (Å²) in [7, 11) is 1.30. The molecule has 1 aromatic carbocycles. The minimum Gasteiger partial charge on any atom is -0.505 e. The average Bonchev–Trinajstić information content (AvgIpc) is 2.97. The minimum absolute atomic E-state index is 0.0440. The van der Waals surface area contributed by atoms with Gasteiger partial charge >= 0.3 is 0 Å². The number of hydrogen-bond donors (Lipinski definition) is 1. The molecule has 0 unspecified atom stereocenters. The van der Waals surface area contributed by atoms with Gasteiger partial charge in [0.2, 0.25) is 0 Å². The van der Waals surface area contributed by atoms with E-state index < -0.39 is 17.4 Å². The number of aliphatic hydroxyl groups excluding tert-OH is 1. The van der Waals surface area contributed by atoms with E-state index in [2.05, 4.69) is 15.0 Å². The Hall–Kier alpha value is -2.79. The van der Waals surface area contributed by atoms with Gasteiger partial charge in [-0.3, -0.25) is 0 Å². The number of aromatic nitrogens is 1. The molecule has 0 saturated carbocycles. The number of rotatable bonds is 4. The maximum atomic E-state index is 13.8. The summed E-state index contributed by atoms with van der Waals surface area (Å²) in [4.78, 5) is 8.57. The Balaban J connectivity index is 2.52. The van der Waals surface area contributed by atoms with Gasteiger partial charge in [0.15, 0.2) is 5.76 Å². The monoisotopic (exact) mass is 335 g/mol. The molecular weight excluding hydrogens is 324 g/mol. The van der Waals surface area contributed by atoms with Crippen LogP contribution in [0.15, 0.2) is 34.5 Å². The van der Waals surface area contributed by atoms with Crippen molar-refractivity contribution in [2.24, 2.45) is 5.16 Å². The highest BCUT2D eigenvalue weighted by Crippen LogP contribution is 2.30. The fraction of sp³-hybridized carbons (Fsp3) is 0.133. The molecule has 23 heavy (non-hydrogen) atoms. The van der Waals surface area contributed by atoms with Crippen molar-refractivity contribution in [1.29, 1.82) is 5.26 Å². The highest BCUT2D eigenvalue weighted by Gasteiger charge is 2.19. The third kappa shape index (κ3) is 3.35. The van der Waals surface area contributed by atoms with E-state index in [0.29, 0.717) is 0 Å². The second-order valence-electron chi connectivity index (χ2n) is 4.33. The minimum atomic E-state index is -0.759. The predicted octanol–water partition coefficient (Wildman–Crippen LogP) is 3.90. The van der Waals surface area contributed by atoms with E-state index >= 15 is 0 Å². The zero-order chi connectivity index (χ0) is 17.0. The molecule has 5 nitrogen and oxygen atoms in total. The molecular formula is C15H11F2N3O2S. The van der Waals surface area contributed by atoms with Crippen molar-refractivity contribution in [3.63, 3.8) is 0 Å². The van der Waals surface area contributed by atoms with Crippen LogP contribution in [-0.4, -0.2) is 22.9 Å². The van der Waals surface area contributed by atoms with E-state index in [4.69, 9.17) is 0 Å². The van der Waals surface area contributed by atoms with Gasteiger partial charge in [0.1, 0.15) is 41.1 Å². The molecule has 2 aromatic rings. The van der Waals surface area contributed by atoms with Crippen molar-refractivity contribution in [1.82, 2.24) is 4.98 Å². The molecule has 2 rings (SSSR count). The first-order chi connectivity index (χ1) is 11.0. The smallest absolute Gasteiger partial charge is 0.161 e. The number of halogens is 2. The van der Waals surface area contributed by atoms with Crippen LogP contribution in [0.25, 0.3) is 16.8 Å². The Morgan fingerprint density at radius 1 is 1.39 bits per heavy atom. The highest BCUT2D eigenvalue weighted by molar-refractivity contribution is 7.11. The first-order valence-corrected chi connectivity index (χ1v) is 7.19. The fourth-order valence-electron chi connectivity index (χ4n) is 1.81. The van der Waals surface area contributed by atoms with E-state index in [0.717, 1.165) is 23.5 Å². The lowest BCUT2D eigenvalue weighted by atomic mass is 10.1. The zero-order valence-electron chi connectivity index (χ0n) is 12.2. The maximum absolute atomic E-state index is 13.8. The summed E-state index contributed by atoms with van der Waals surface area (Å²) in [6.45, 7) is 1.45. The van der Waals surface area contributed by atoms with Crippen LogP contribution < -0.4 is 0 Å². The normalized spacial score (nSPS) is 12.6. The van der Waals surface area contributed by atoms with Gasteiger partial charge in [0, 0.05) is 5.38 Å². The average molecular weight is 335 g/mol. The van der Waals surface area contributed by atoms with E-state index in [-0.39, 0.29) is 27.5 Å². The van der Waals surface area contributed by atoms with E-state index in [1.54, 1.807) is 6.07 Å². The second-order valence-corrected chi connectivity index (χ2v) is 5.19. The Morgan fingerprint density at radius 3 is 2.61 bits per heavy atom. The molecule has 0 aliphatic heterocycles. The van der Waals surface area contributed by atoms with Crippen LogP contribution >= 0.6 is 11.3 Å². The van der Waals surface area contributed by atoms with E-state index in [1.165, 1.54) is 25.5 Å². The Labute approximate surface area is 134 Å². The van der Waals surface area contributed by atoms with Gasteiger partial charge in [0.25, 0.3) is 0 Å². The van der Waals surface area contributed by atoms with Gasteiger partial charge in [-0.15, -0.1) is 11.3 Å². The molecule has 0 aliphatic carbocycles. The SMILES string of the molecule is CON=C(C)C(O)=C(C#N)c1nc(-c2c(F)cccc2F)cs1. The van der Waals surface area contributed by atoms with Crippen LogP contribution in [0.1, 0.15) is 11.9 Å². The fourth-order valence-corrected chi connectivity index (χ4v) is 2.61. The molecule has 0 amide bonds. The van der Waals surface area contributed by atoms with Crippen molar-refractivity contribution in [2.45, 2.75) is 6.92 Å². The number of thiazole rings is 1. The van der Waals surface area contributed by atoms with Crippen LogP contribution in [0, 0.1) is 23.0 Å². The predicted molar refractivity (Wildman–Crippen MR) is 82.7 cm³/mol. The molecule has 0 aliphatic rings. The molecule has 0 radical (unpaired) electrons. The van der Waals surface area contributed by atoms with Crippen LogP contribution in [0.4, 0.5) is 8.78 Å². The van der Waals surface area contributed by atoms with Gasteiger partial charge < -0.3 is 9.94 Å². The first kappa shape index (κ1) is 16.6. The van der Waals surface area contributed by atoms with Crippen molar-refractivity contribution in [2.75, 3.05) is 7.11 Å². The lowest BCUT2D eigenvalue weighted by Gasteiger charge is -2.02. The lowest BCUT2D eigenvalue weighted by Crippen LogP contribution is -2.01. The number of nitriles is 1. The number of oxime groups is 1. The number of aliphatic hydroxyl groups is 1. The Bertz CT molecular complexity index is 817. The summed E-state index contributed by atoms with van der Waals surface area (Å²) in [6, 6.07) is 5.29. The summed E-state index contributed by atoms with van der Waals surface area (Å²) in [5.74, 6) is -1.93. The highest BCUT2D eigenvalue weighted by atomic mass is 32.1. The topological polar surface area (TPSA) is 78.5 Å². The van der Waals surface area contributed by atoms with Gasteiger partial charge in [0.05, 0.1) is 11.3 Å². The molecule has 0 spiro atoms. The standard InChI is InChI=1S/C15H11F2N3O2S/c1-8(20-22-2)14(21)9(6-18)15-19-12(7-23-15)13-10(16)4-3-5-11(13)17/h3-5,7,21H,1-2H3. The molecule has 0 bridgehead atoms. The second kappa shape index (κ2) is 6.98. The molecule has 8 heteroatoms. The zero-order valence-corrected chi connectivity index (χ0v) is 13.0. The molecule has 0 saturated heterocycles. The van der Waals surface area contributed by atoms with E-state index in [1.807, 2.05) is 0 Å². The molecule has 0 atom stereocenters. The lowest BCUT2D eigenvalue weighted by molar-refractivity contribution is 0.212. The molecule has 1 N–H and O–H groups in total. The van der Waals surface area contributed by atoms with Crippen LogP contribution in [-0.2, 0) is 4.84 Å².